The predicted molar refractivity (Wildman–Crippen MR) is 60.8 cm³/mol. The van der Waals surface area contributed by atoms with Crippen molar-refractivity contribution in [2.75, 3.05) is 13.2 Å². The predicted octanol–water partition coefficient (Wildman–Crippen LogP) is 2.36. The van der Waals surface area contributed by atoms with Crippen molar-refractivity contribution >= 4 is 0 Å². The van der Waals surface area contributed by atoms with Crippen LogP contribution in [0, 0.1) is 0 Å². The molecular weight excluding hydrogens is 190 g/mol. The van der Waals surface area contributed by atoms with Gasteiger partial charge in [0, 0.05) is 25.5 Å². The van der Waals surface area contributed by atoms with E-state index in [1.165, 1.54) is 6.42 Å². The Labute approximate surface area is 91.7 Å². The van der Waals surface area contributed by atoms with Crippen LogP contribution in [0.3, 0.4) is 0 Å². The minimum absolute atomic E-state index is 0.382. The number of aliphatic hydroxyl groups excluding tert-OH is 1. The van der Waals surface area contributed by atoms with E-state index < -0.39 is 0 Å². The van der Waals surface area contributed by atoms with Gasteiger partial charge in [0.2, 0.25) is 0 Å². The van der Waals surface area contributed by atoms with Crippen LogP contribution >= 0.6 is 0 Å². The van der Waals surface area contributed by atoms with Crippen molar-refractivity contribution in [3.63, 3.8) is 0 Å². The molecule has 0 amide bonds. The van der Waals surface area contributed by atoms with E-state index in [9.17, 15) is 5.11 Å². The van der Waals surface area contributed by atoms with E-state index in [4.69, 9.17) is 4.74 Å². The van der Waals surface area contributed by atoms with Gasteiger partial charge >= 0.3 is 0 Å². The molecule has 0 aliphatic carbocycles. The van der Waals surface area contributed by atoms with Crippen LogP contribution in [-0.4, -0.2) is 22.9 Å². The Morgan fingerprint density at radius 1 is 1.47 bits per heavy atom. The number of aliphatic hydroxyl groups is 1. The van der Waals surface area contributed by atoms with E-state index >= 15 is 0 Å². The molecule has 1 heterocycles. The number of unbranched alkanes of at least 4 members (excludes halogenated alkanes) is 1. The summed E-state index contributed by atoms with van der Waals surface area (Å²) in [6.45, 7) is 6.38. The molecule has 0 saturated carbocycles. The van der Waals surface area contributed by atoms with Crippen molar-refractivity contribution in [2.45, 2.75) is 39.3 Å². The number of nitrogens with zero attached hydrogens (tertiary/aromatic N) is 1. The first-order valence-electron chi connectivity index (χ1n) is 5.65. The van der Waals surface area contributed by atoms with Crippen LogP contribution in [0.4, 0.5) is 0 Å². The van der Waals surface area contributed by atoms with Crippen molar-refractivity contribution < 1.29 is 9.84 Å². The van der Waals surface area contributed by atoms with Crippen LogP contribution in [0.1, 0.15) is 38.4 Å². The summed E-state index contributed by atoms with van der Waals surface area (Å²) in [5.74, 6) is 0. The molecule has 0 radical (unpaired) electrons. The first-order chi connectivity index (χ1) is 7.24. The Morgan fingerprint density at radius 3 is 2.87 bits per heavy atom. The van der Waals surface area contributed by atoms with Crippen molar-refractivity contribution in [1.82, 2.24) is 4.57 Å². The van der Waals surface area contributed by atoms with Gasteiger partial charge in [-0.2, -0.15) is 0 Å². The Balaban J connectivity index is 2.20. The minimum Gasteiger partial charge on any atom is -0.389 e. The third-order valence-corrected chi connectivity index (χ3v) is 2.39. The number of hydrogen-bond acceptors (Lipinski definition) is 2. The van der Waals surface area contributed by atoms with Crippen LogP contribution in [0.25, 0.3) is 0 Å². The van der Waals surface area contributed by atoms with E-state index in [2.05, 4.69) is 6.92 Å². The molecule has 0 bridgehead atoms. The molecule has 86 valence electrons. The number of ether oxygens (including phenoxy) is 1. The van der Waals surface area contributed by atoms with Crippen LogP contribution in [-0.2, 0) is 11.3 Å². The standard InChI is InChI=1S/C12H21NO2/c1-3-4-8-15-9-7-13-6-5-12(10-13)11(2)14/h5-6,10-11,14H,3-4,7-9H2,1-2H3. The highest BCUT2D eigenvalue weighted by Gasteiger charge is 2.01. The van der Waals surface area contributed by atoms with Crippen molar-refractivity contribution in [3.05, 3.63) is 24.0 Å². The Bertz CT molecular complexity index is 268. The number of aromatic nitrogens is 1. The maximum absolute atomic E-state index is 9.33. The lowest BCUT2D eigenvalue weighted by Gasteiger charge is -2.04. The van der Waals surface area contributed by atoms with Crippen LogP contribution in [0.5, 0.6) is 0 Å². The topological polar surface area (TPSA) is 34.4 Å². The summed E-state index contributed by atoms with van der Waals surface area (Å²) in [5.41, 5.74) is 0.962. The molecule has 0 aliphatic rings. The van der Waals surface area contributed by atoms with Gasteiger partial charge in [-0.25, -0.2) is 0 Å². The molecule has 0 spiro atoms. The van der Waals surface area contributed by atoms with E-state index in [0.717, 1.165) is 31.7 Å². The maximum Gasteiger partial charge on any atom is 0.0776 e. The second-order valence-corrected chi connectivity index (χ2v) is 3.82. The molecule has 1 rings (SSSR count). The van der Waals surface area contributed by atoms with Crippen LogP contribution in [0.2, 0.25) is 0 Å². The fraction of sp³-hybridized carbons (Fsp3) is 0.667. The summed E-state index contributed by atoms with van der Waals surface area (Å²) in [6, 6.07) is 1.94. The van der Waals surface area contributed by atoms with Crippen LogP contribution < -0.4 is 0 Å². The molecule has 0 aromatic carbocycles. The van der Waals surface area contributed by atoms with Gasteiger partial charge < -0.3 is 14.4 Å². The van der Waals surface area contributed by atoms with Crippen molar-refractivity contribution in [3.8, 4) is 0 Å². The van der Waals surface area contributed by atoms with Crippen molar-refractivity contribution in [2.24, 2.45) is 0 Å². The molecule has 1 unspecified atom stereocenters. The molecule has 3 nitrogen and oxygen atoms in total. The quantitative estimate of drug-likeness (QED) is 0.702. The van der Waals surface area contributed by atoms with E-state index in [1.807, 2.05) is 23.0 Å². The van der Waals surface area contributed by atoms with Gasteiger partial charge in [-0.05, 0) is 25.0 Å². The van der Waals surface area contributed by atoms with Gasteiger partial charge in [-0.1, -0.05) is 13.3 Å². The van der Waals surface area contributed by atoms with Gasteiger partial charge in [-0.15, -0.1) is 0 Å². The summed E-state index contributed by atoms with van der Waals surface area (Å²) in [7, 11) is 0. The zero-order valence-electron chi connectivity index (χ0n) is 9.65. The highest BCUT2D eigenvalue weighted by molar-refractivity contribution is 5.12. The third-order valence-electron chi connectivity index (χ3n) is 2.39. The summed E-state index contributed by atoms with van der Waals surface area (Å²) in [5, 5.41) is 9.33. The van der Waals surface area contributed by atoms with Gasteiger partial charge in [0.15, 0.2) is 0 Å². The molecule has 0 fully saturated rings. The molecular formula is C12H21NO2. The highest BCUT2D eigenvalue weighted by atomic mass is 16.5. The maximum atomic E-state index is 9.33. The van der Waals surface area contributed by atoms with Gasteiger partial charge in [0.1, 0.15) is 0 Å². The lowest BCUT2D eigenvalue weighted by Crippen LogP contribution is -2.05. The summed E-state index contributed by atoms with van der Waals surface area (Å²) in [6.07, 6.45) is 5.87. The average Bonchev–Trinajstić information content (AvgIpc) is 2.66. The molecule has 0 saturated heterocycles. The SMILES string of the molecule is CCCCOCCn1ccc(C(C)O)c1. The number of rotatable bonds is 7. The minimum atomic E-state index is -0.382. The molecule has 1 aromatic rings. The van der Waals surface area contributed by atoms with E-state index in [1.54, 1.807) is 6.92 Å². The Morgan fingerprint density at radius 2 is 2.27 bits per heavy atom. The zero-order valence-corrected chi connectivity index (χ0v) is 9.65. The first-order valence-corrected chi connectivity index (χ1v) is 5.65. The van der Waals surface area contributed by atoms with Gasteiger partial charge in [0.05, 0.1) is 12.7 Å². The normalized spacial score (nSPS) is 13.0. The van der Waals surface area contributed by atoms with E-state index in [-0.39, 0.29) is 6.10 Å². The summed E-state index contributed by atoms with van der Waals surface area (Å²) in [4.78, 5) is 0. The van der Waals surface area contributed by atoms with Gasteiger partial charge in [0.25, 0.3) is 0 Å². The number of hydrogen-bond donors (Lipinski definition) is 1. The highest BCUT2D eigenvalue weighted by Crippen LogP contribution is 2.11. The second-order valence-electron chi connectivity index (χ2n) is 3.82. The Kier molecular flexibility index (Phi) is 5.43. The fourth-order valence-electron chi connectivity index (χ4n) is 1.36. The zero-order chi connectivity index (χ0) is 11.1. The lowest BCUT2D eigenvalue weighted by atomic mass is 10.2. The Hall–Kier alpha value is -0.800. The summed E-state index contributed by atoms with van der Waals surface area (Å²) < 4.78 is 7.51. The van der Waals surface area contributed by atoms with Crippen LogP contribution in [0.15, 0.2) is 18.5 Å². The second kappa shape index (κ2) is 6.64. The average molecular weight is 211 g/mol. The van der Waals surface area contributed by atoms with E-state index in [0.29, 0.717) is 0 Å². The third kappa shape index (κ3) is 4.49. The lowest BCUT2D eigenvalue weighted by molar-refractivity contribution is 0.123. The molecule has 3 heteroatoms. The molecule has 15 heavy (non-hydrogen) atoms. The largest absolute Gasteiger partial charge is 0.389 e. The monoisotopic (exact) mass is 211 g/mol. The molecule has 1 atom stereocenters. The van der Waals surface area contributed by atoms with Crippen molar-refractivity contribution in [1.29, 1.82) is 0 Å². The first kappa shape index (κ1) is 12.3. The molecule has 1 aromatic heterocycles. The molecule has 1 N–H and O–H groups in total. The molecule has 0 aliphatic heterocycles. The summed E-state index contributed by atoms with van der Waals surface area (Å²) >= 11 is 0. The fourth-order valence-corrected chi connectivity index (χ4v) is 1.36. The smallest absolute Gasteiger partial charge is 0.0776 e. The van der Waals surface area contributed by atoms with Gasteiger partial charge in [-0.3, -0.25) is 0 Å².